The van der Waals surface area contributed by atoms with Gasteiger partial charge in [0.25, 0.3) is 5.91 Å². The van der Waals surface area contributed by atoms with Gasteiger partial charge in [0.1, 0.15) is 17.8 Å². The summed E-state index contributed by atoms with van der Waals surface area (Å²) in [7, 11) is 0. The quantitative estimate of drug-likeness (QED) is 0.163. The number of alkyl halides is 3. The molecule has 3 aromatic rings. The Kier molecular flexibility index (Phi) is 11.2. The number of rotatable bonds is 9. The maximum absolute atomic E-state index is 13.3. The van der Waals surface area contributed by atoms with Crippen molar-refractivity contribution in [2.45, 2.75) is 84.1 Å². The summed E-state index contributed by atoms with van der Waals surface area (Å²) in [5.74, 6) is -1.57. The highest BCUT2D eigenvalue weighted by molar-refractivity contribution is 6.07. The minimum Gasteiger partial charge on any atom is -0.444 e. The largest absolute Gasteiger partial charge is 0.573 e. The van der Waals surface area contributed by atoms with Crippen molar-refractivity contribution >= 4 is 41.2 Å². The maximum Gasteiger partial charge on any atom is 0.573 e. The lowest BCUT2D eigenvalue weighted by atomic mass is 10.1. The molecule has 0 aliphatic heterocycles. The zero-order chi connectivity index (χ0) is 36.9. The second-order valence-corrected chi connectivity index (χ2v) is 13.4. The van der Waals surface area contributed by atoms with Crippen LogP contribution in [0.4, 0.5) is 44.6 Å². The van der Waals surface area contributed by atoms with Gasteiger partial charge in [0.15, 0.2) is 5.75 Å². The third-order valence-electron chi connectivity index (χ3n) is 6.79. The standard InChI is InChI=1S/C35H39F3N4O8/c1-33(2,3)49-31(45)40-25-10-8-7-9-24(25)39-29(43)22-15-16-26(28(17-22)48-35(36,37)38)41-30(44)47-19-20-11-13-21(14-12-20)23-18-27(23)42-32(46)50-34(4,5)6/h7-17,23,27H,18-19H2,1-6H3,(H,39,43)(H,40,45)(H,41,44)(H,42,46)/t23-,27+/m1/s1. The molecule has 12 nitrogen and oxygen atoms in total. The number of anilines is 3. The van der Waals surface area contributed by atoms with E-state index in [1.165, 1.54) is 18.2 Å². The molecule has 1 fully saturated rings. The Balaban J connectivity index is 1.36. The normalized spacial score (nSPS) is 15.6. The van der Waals surface area contributed by atoms with E-state index < -0.39 is 53.2 Å². The molecule has 4 rings (SSSR count). The molecule has 1 aliphatic rings. The first-order valence-corrected chi connectivity index (χ1v) is 15.6. The molecule has 2 atom stereocenters. The molecule has 0 heterocycles. The minimum absolute atomic E-state index is 0.0553. The highest BCUT2D eigenvalue weighted by Gasteiger charge is 2.40. The smallest absolute Gasteiger partial charge is 0.444 e. The van der Waals surface area contributed by atoms with Crippen LogP contribution in [0, 0.1) is 0 Å². The van der Waals surface area contributed by atoms with Gasteiger partial charge >= 0.3 is 24.6 Å². The molecule has 0 radical (unpaired) electrons. The number of carbonyl (C=O) groups excluding carboxylic acids is 4. The molecule has 0 spiro atoms. The SMILES string of the molecule is CC(C)(C)OC(=O)Nc1ccccc1NC(=O)c1ccc(NC(=O)OCc2ccc([C@H]3C[C@@H]3NC(=O)OC(C)(C)C)cc2)c(OC(F)(F)F)c1. The van der Waals surface area contributed by atoms with Crippen LogP contribution < -0.4 is 26.0 Å². The van der Waals surface area contributed by atoms with Gasteiger partial charge in [0.2, 0.25) is 0 Å². The van der Waals surface area contributed by atoms with Gasteiger partial charge in [-0.15, -0.1) is 13.2 Å². The Morgan fingerprint density at radius 2 is 1.30 bits per heavy atom. The molecule has 1 aliphatic carbocycles. The molecule has 4 amide bonds. The van der Waals surface area contributed by atoms with Gasteiger partial charge in [-0.25, -0.2) is 14.4 Å². The number of amides is 4. The fraction of sp³-hybridized carbons (Fsp3) is 0.371. The molecule has 0 unspecified atom stereocenters. The number of nitrogens with one attached hydrogen (secondary N) is 4. The van der Waals surface area contributed by atoms with E-state index in [0.717, 1.165) is 24.1 Å². The van der Waals surface area contributed by atoms with Crippen LogP contribution in [0.25, 0.3) is 0 Å². The molecule has 0 saturated heterocycles. The van der Waals surface area contributed by atoms with E-state index in [4.69, 9.17) is 14.2 Å². The predicted molar refractivity (Wildman–Crippen MR) is 178 cm³/mol. The van der Waals surface area contributed by atoms with Gasteiger partial charge in [-0.3, -0.25) is 15.4 Å². The van der Waals surface area contributed by atoms with Gasteiger partial charge < -0.3 is 29.6 Å². The zero-order valence-corrected chi connectivity index (χ0v) is 28.3. The van der Waals surface area contributed by atoms with Gasteiger partial charge in [-0.1, -0.05) is 36.4 Å². The Bertz CT molecular complexity index is 1720. The molecule has 0 bridgehead atoms. The number of halogens is 3. The summed E-state index contributed by atoms with van der Waals surface area (Å²) in [6.07, 6.45) is -6.73. The van der Waals surface area contributed by atoms with Crippen molar-refractivity contribution in [1.82, 2.24) is 5.32 Å². The summed E-state index contributed by atoms with van der Waals surface area (Å²) < 4.78 is 59.7. The molecule has 15 heteroatoms. The van der Waals surface area contributed by atoms with Crippen LogP contribution >= 0.6 is 0 Å². The monoisotopic (exact) mass is 700 g/mol. The van der Waals surface area contributed by atoms with Crippen LogP contribution in [0.15, 0.2) is 66.7 Å². The lowest BCUT2D eigenvalue weighted by molar-refractivity contribution is -0.274. The zero-order valence-electron chi connectivity index (χ0n) is 28.3. The second-order valence-electron chi connectivity index (χ2n) is 13.4. The Labute approximate surface area is 287 Å². The van der Waals surface area contributed by atoms with Crippen LogP contribution in [0.5, 0.6) is 5.75 Å². The van der Waals surface area contributed by atoms with Gasteiger partial charge in [0, 0.05) is 17.5 Å². The summed E-state index contributed by atoms with van der Waals surface area (Å²) in [5, 5.41) is 10.1. The van der Waals surface area contributed by atoms with Crippen LogP contribution in [0.1, 0.15) is 75.4 Å². The fourth-order valence-electron chi connectivity index (χ4n) is 4.62. The molecule has 3 aromatic carbocycles. The van der Waals surface area contributed by atoms with Crippen molar-refractivity contribution in [2.75, 3.05) is 16.0 Å². The summed E-state index contributed by atoms with van der Waals surface area (Å²) in [4.78, 5) is 49.9. The van der Waals surface area contributed by atoms with Crippen molar-refractivity contribution in [3.05, 3.63) is 83.4 Å². The van der Waals surface area contributed by atoms with E-state index in [1.807, 2.05) is 12.1 Å². The van der Waals surface area contributed by atoms with Gasteiger partial charge in [-0.05, 0) is 89.4 Å². The molecule has 4 N–H and O–H groups in total. The number of alkyl carbamates (subject to hydrolysis) is 1. The average molecular weight is 701 g/mol. The molecule has 1 saturated carbocycles. The summed E-state index contributed by atoms with van der Waals surface area (Å²) >= 11 is 0. The van der Waals surface area contributed by atoms with Gasteiger partial charge in [-0.2, -0.15) is 0 Å². The van der Waals surface area contributed by atoms with Crippen molar-refractivity contribution in [1.29, 1.82) is 0 Å². The van der Waals surface area contributed by atoms with E-state index in [-0.39, 0.29) is 35.5 Å². The summed E-state index contributed by atoms with van der Waals surface area (Å²) in [6.45, 7) is 10.2. The van der Waals surface area contributed by atoms with E-state index >= 15 is 0 Å². The predicted octanol–water partition coefficient (Wildman–Crippen LogP) is 8.31. The molecular weight excluding hydrogens is 661 g/mol. The third kappa shape index (κ3) is 11.9. The summed E-state index contributed by atoms with van der Waals surface area (Å²) in [6, 6.07) is 16.3. The third-order valence-corrected chi connectivity index (χ3v) is 6.79. The molecular formula is C35H39F3N4O8. The number of hydrogen-bond donors (Lipinski definition) is 4. The maximum atomic E-state index is 13.3. The summed E-state index contributed by atoms with van der Waals surface area (Å²) in [5.41, 5.74) is -0.109. The van der Waals surface area contributed by atoms with Crippen molar-refractivity contribution < 1.29 is 51.3 Å². The second kappa shape index (κ2) is 15.0. The average Bonchev–Trinajstić information content (AvgIpc) is 3.74. The highest BCUT2D eigenvalue weighted by atomic mass is 19.4. The van der Waals surface area contributed by atoms with Crippen molar-refractivity contribution in [3.8, 4) is 5.75 Å². The molecule has 268 valence electrons. The molecule has 0 aromatic heterocycles. The van der Waals surface area contributed by atoms with Gasteiger partial charge in [0.05, 0.1) is 17.1 Å². The fourth-order valence-corrected chi connectivity index (χ4v) is 4.62. The van der Waals surface area contributed by atoms with Crippen LogP contribution in [-0.2, 0) is 20.8 Å². The van der Waals surface area contributed by atoms with Crippen molar-refractivity contribution in [3.63, 3.8) is 0 Å². The van der Waals surface area contributed by atoms with Crippen LogP contribution in [-0.4, -0.2) is 47.8 Å². The minimum atomic E-state index is -5.15. The van der Waals surface area contributed by atoms with E-state index in [1.54, 1.807) is 65.8 Å². The topological polar surface area (TPSA) is 153 Å². The van der Waals surface area contributed by atoms with Crippen LogP contribution in [0.3, 0.4) is 0 Å². The Morgan fingerprint density at radius 1 is 0.720 bits per heavy atom. The van der Waals surface area contributed by atoms with E-state index in [0.29, 0.717) is 5.56 Å². The lowest BCUT2D eigenvalue weighted by Crippen LogP contribution is -2.34. The highest BCUT2D eigenvalue weighted by Crippen LogP contribution is 2.41. The van der Waals surface area contributed by atoms with E-state index in [2.05, 4.69) is 26.0 Å². The first-order valence-electron chi connectivity index (χ1n) is 15.6. The first kappa shape index (κ1) is 37.4. The number of benzene rings is 3. The number of hydrogen-bond acceptors (Lipinski definition) is 8. The Morgan fingerprint density at radius 3 is 1.90 bits per heavy atom. The first-order chi connectivity index (χ1) is 23.2. The number of ether oxygens (including phenoxy) is 4. The Hall–Kier alpha value is -5.47. The van der Waals surface area contributed by atoms with Crippen molar-refractivity contribution in [2.24, 2.45) is 0 Å². The molecule has 50 heavy (non-hydrogen) atoms. The number of carbonyl (C=O) groups is 4. The van der Waals surface area contributed by atoms with Crippen LogP contribution in [0.2, 0.25) is 0 Å². The van der Waals surface area contributed by atoms with E-state index in [9.17, 15) is 32.3 Å². The lowest BCUT2D eigenvalue weighted by Gasteiger charge is -2.20. The number of para-hydroxylation sites is 2.